The largest absolute Gasteiger partial charge is 0.342 e. The molecular formula is C16H18N4O4S2. The number of aryl methyl sites for hydroxylation is 1. The zero-order valence-electron chi connectivity index (χ0n) is 14.2. The van der Waals surface area contributed by atoms with Gasteiger partial charge in [0.15, 0.2) is 4.80 Å². The normalized spacial score (nSPS) is 15.0. The molecule has 1 aliphatic rings. The highest BCUT2D eigenvalue weighted by Gasteiger charge is 2.18. The fraction of sp³-hybridized carbons (Fsp3) is 0.438. The number of fused-ring (bicyclic) bond motifs is 1. The van der Waals surface area contributed by atoms with Gasteiger partial charge >= 0.3 is 0 Å². The van der Waals surface area contributed by atoms with Crippen LogP contribution in [0.3, 0.4) is 0 Å². The van der Waals surface area contributed by atoms with E-state index in [2.05, 4.69) is 4.99 Å². The number of rotatable bonds is 5. The van der Waals surface area contributed by atoms with E-state index in [1.54, 1.807) is 17.7 Å². The fourth-order valence-electron chi connectivity index (χ4n) is 2.77. The van der Waals surface area contributed by atoms with Gasteiger partial charge in [-0.15, -0.1) is 11.8 Å². The Kier molecular flexibility index (Phi) is 5.72. The highest BCUT2D eigenvalue weighted by Crippen LogP contribution is 2.22. The second-order valence-corrected chi connectivity index (χ2v) is 7.93. The molecule has 2 amide bonds. The lowest BCUT2D eigenvalue weighted by molar-refractivity contribution is -0.384. The van der Waals surface area contributed by atoms with Crippen molar-refractivity contribution in [3.8, 4) is 0 Å². The van der Waals surface area contributed by atoms with Gasteiger partial charge in [-0.3, -0.25) is 19.7 Å². The van der Waals surface area contributed by atoms with E-state index in [0.29, 0.717) is 9.50 Å². The van der Waals surface area contributed by atoms with Gasteiger partial charge in [-0.2, -0.15) is 4.99 Å². The maximum absolute atomic E-state index is 12.1. The topological polar surface area (TPSA) is 97.8 Å². The molecule has 10 heteroatoms. The maximum Gasteiger partial charge on any atom is 0.270 e. The third-order valence-electron chi connectivity index (χ3n) is 4.13. The first-order chi connectivity index (χ1) is 12.5. The Balaban J connectivity index is 1.66. The Morgan fingerprint density at radius 3 is 2.73 bits per heavy atom. The minimum absolute atomic E-state index is 0.00760. The average molecular weight is 394 g/mol. The molecule has 1 aliphatic heterocycles. The molecule has 0 N–H and O–H groups in total. The number of carbonyl (C=O) groups excluding carboxylic acids is 2. The van der Waals surface area contributed by atoms with Gasteiger partial charge in [0.05, 0.1) is 26.6 Å². The minimum Gasteiger partial charge on any atom is -0.342 e. The highest BCUT2D eigenvalue weighted by atomic mass is 32.2. The summed E-state index contributed by atoms with van der Waals surface area (Å²) in [6, 6.07) is 4.56. The molecule has 0 unspecified atom stereocenters. The van der Waals surface area contributed by atoms with Crippen molar-refractivity contribution in [3.63, 3.8) is 0 Å². The zero-order chi connectivity index (χ0) is 18.7. The predicted molar refractivity (Wildman–Crippen MR) is 101 cm³/mol. The van der Waals surface area contributed by atoms with Crippen LogP contribution in [0.15, 0.2) is 23.2 Å². The first kappa shape index (κ1) is 18.6. The van der Waals surface area contributed by atoms with E-state index in [4.69, 9.17) is 0 Å². The average Bonchev–Trinajstić information content (AvgIpc) is 3.24. The first-order valence-electron chi connectivity index (χ1n) is 8.13. The van der Waals surface area contributed by atoms with Crippen LogP contribution < -0.4 is 4.80 Å². The van der Waals surface area contributed by atoms with Crippen LogP contribution in [0.2, 0.25) is 0 Å². The van der Waals surface area contributed by atoms with Gasteiger partial charge in [0.25, 0.3) is 11.6 Å². The summed E-state index contributed by atoms with van der Waals surface area (Å²) in [5.41, 5.74) is 0.789. The first-order valence-corrected chi connectivity index (χ1v) is 10.1. The maximum atomic E-state index is 12.1. The molecule has 0 radical (unpaired) electrons. The number of hydrogen-bond acceptors (Lipinski definition) is 6. The van der Waals surface area contributed by atoms with Crippen LogP contribution in [0.5, 0.6) is 0 Å². The summed E-state index contributed by atoms with van der Waals surface area (Å²) in [4.78, 5) is 40.9. The number of carbonyl (C=O) groups is 2. The Labute approximate surface area is 157 Å². The van der Waals surface area contributed by atoms with E-state index in [1.165, 1.54) is 35.2 Å². The molecule has 8 nitrogen and oxygen atoms in total. The number of nitro benzene ring substituents is 1. The molecule has 0 aliphatic carbocycles. The van der Waals surface area contributed by atoms with Crippen LogP contribution in [0.4, 0.5) is 5.69 Å². The van der Waals surface area contributed by atoms with Crippen molar-refractivity contribution in [2.24, 2.45) is 12.0 Å². The molecule has 0 saturated carbocycles. The number of non-ortho nitro benzene ring substituents is 1. The summed E-state index contributed by atoms with van der Waals surface area (Å²) in [5, 5.41) is 10.9. The molecule has 1 saturated heterocycles. The summed E-state index contributed by atoms with van der Waals surface area (Å²) >= 11 is 2.50. The number of hydrogen-bond donors (Lipinski definition) is 0. The molecule has 1 aromatic heterocycles. The molecule has 1 aromatic carbocycles. The smallest absolute Gasteiger partial charge is 0.270 e. The van der Waals surface area contributed by atoms with Crippen molar-refractivity contribution < 1.29 is 14.5 Å². The van der Waals surface area contributed by atoms with Gasteiger partial charge < -0.3 is 9.47 Å². The molecule has 2 heterocycles. The number of nitro groups is 1. The van der Waals surface area contributed by atoms with Gasteiger partial charge in [-0.1, -0.05) is 11.3 Å². The van der Waals surface area contributed by atoms with Crippen molar-refractivity contribution in [1.29, 1.82) is 0 Å². The number of aromatic nitrogens is 1. The number of thiazole rings is 1. The lowest BCUT2D eigenvalue weighted by Crippen LogP contribution is -2.29. The molecule has 1 fully saturated rings. The van der Waals surface area contributed by atoms with Crippen LogP contribution in [-0.4, -0.2) is 50.8 Å². The van der Waals surface area contributed by atoms with Crippen LogP contribution in [0.25, 0.3) is 10.2 Å². The molecular weight excluding hydrogens is 376 g/mol. The van der Waals surface area contributed by atoms with Gasteiger partial charge in [0.1, 0.15) is 0 Å². The molecule has 2 aromatic rings. The van der Waals surface area contributed by atoms with Gasteiger partial charge in [0, 0.05) is 32.3 Å². The number of thioether (sulfide) groups is 1. The lowest BCUT2D eigenvalue weighted by atomic mass is 10.3. The minimum atomic E-state index is -0.449. The standard InChI is InChI=1S/C16H18N4O4S2/c1-18-12-5-4-11(20(23)24)8-13(12)26-16(18)17-14(21)9-25-10-15(22)19-6-2-3-7-19/h4-5,8H,2-3,6-7,9-10H2,1H3. The van der Waals surface area contributed by atoms with E-state index >= 15 is 0 Å². The summed E-state index contributed by atoms with van der Waals surface area (Å²) in [5.74, 6) is 0.167. The monoisotopic (exact) mass is 394 g/mol. The highest BCUT2D eigenvalue weighted by molar-refractivity contribution is 8.00. The molecule has 3 rings (SSSR count). The van der Waals surface area contributed by atoms with Crippen LogP contribution in [0.1, 0.15) is 12.8 Å². The van der Waals surface area contributed by atoms with Crippen LogP contribution in [0, 0.1) is 10.1 Å². The summed E-state index contributed by atoms with van der Waals surface area (Å²) < 4.78 is 2.44. The Bertz CT molecular complexity index is 928. The molecule has 26 heavy (non-hydrogen) atoms. The molecule has 138 valence electrons. The van der Waals surface area contributed by atoms with Crippen molar-refractivity contribution in [1.82, 2.24) is 9.47 Å². The van der Waals surface area contributed by atoms with Crippen LogP contribution >= 0.6 is 23.1 Å². The summed E-state index contributed by atoms with van der Waals surface area (Å²) in [6.45, 7) is 1.61. The van der Waals surface area contributed by atoms with Gasteiger partial charge in [0.2, 0.25) is 5.91 Å². The van der Waals surface area contributed by atoms with E-state index < -0.39 is 4.92 Å². The zero-order valence-corrected chi connectivity index (χ0v) is 15.8. The number of likely N-dealkylation sites (tertiary alicyclic amines) is 1. The number of benzene rings is 1. The van der Waals surface area contributed by atoms with E-state index in [9.17, 15) is 19.7 Å². The van der Waals surface area contributed by atoms with Gasteiger partial charge in [-0.25, -0.2) is 0 Å². The molecule has 0 bridgehead atoms. The van der Waals surface area contributed by atoms with Crippen molar-refractivity contribution in [2.45, 2.75) is 12.8 Å². The number of amides is 2. The van der Waals surface area contributed by atoms with Crippen LogP contribution in [-0.2, 0) is 16.6 Å². The van der Waals surface area contributed by atoms with Crippen molar-refractivity contribution in [2.75, 3.05) is 24.6 Å². The van der Waals surface area contributed by atoms with Crippen molar-refractivity contribution in [3.05, 3.63) is 33.1 Å². The Morgan fingerprint density at radius 2 is 2.04 bits per heavy atom. The Hall–Kier alpha value is -2.20. The Morgan fingerprint density at radius 1 is 1.31 bits per heavy atom. The molecule has 0 atom stereocenters. The van der Waals surface area contributed by atoms with E-state index in [0.717, 1.165) is 31.4 Å². The SMILES string of the molecule is Cn1c(=NC(=O)CSCC(=O)N2CCCC2)sc2cc([N+](=O)[O-])ccc21. The fourth-order valence-corrected chi connectivity index (χ4v) is 4.53. The summed E-state index contributed by atoms with van der Waals surface area (Å²) in [7, 11) is 1.76. The van der Waals surface area contributed by atoms with Crippen molar-refractivity contribution >= 4 is 50.8 Å². The van der Waals surface area contributed by atoms with E-state index in [1.807, 2.05) is 4.90 Å². The lowest BCUT2D eigenvalue weighted by Gasteiger charge is -2.14. The van der Waals surface area contributed by atoms with Gasteiger partial charge in [-0.05, 0) is 18.9 Å². The second kappa shape index (κ2) is 8.00. The summed E-state index contributed by atoms with van der Waals surface area (Å²) in [6.07, 6.45) is 2.09. The quantitative estimate of drug-likeness (QED) is 0.570. The predicted octanol–water partition coefficient (Wildman–Crippen LogP) is 1.93. The number of nitrogens with zero attached hydrogens (tertiary/aromatic N) is 4. The third-order valence-corrected chi connectivity index (χ3v) is 6.13. The second-order valence-electron chi connectivity index (χ2n) is 5.94. The third kappa shape index (κ3) is 4.13. The van der Waals surface area contributed by atoms with E-state index in [-0.39, 0.29) is 29.0 Å². The molecule has 0 spiro atoms.